The summed E-state index contributed by atoms with van der Waals surface area (Å²) >= 11 is 3.51. The average molecular weight is 491 g/mol. The Bertz CT molecular complexity index is 1150. The van der Waals surface area contributed by atoms with Crippen molar-refractivity contribution < 1.29 is 9.53 Å². The van der Waals surface area contributed by atoms with Gasteiger partial charge in [0.2, 0.25) is 0 Å². The summed E-state index contributed by atoms with van der Waals surface area (Å²) in [7, 11) is 0. The molecular weight excluding hydrogens is 460 g/mol. The van der Waals surface area contributed by atoms with Gasteiger partial charge in [0.1, 0.15) is 6.61 Å². The molecule has 0 bridgehead atoms. The van der Waals surface area contributed by atoms with Gasteiger partial charge in [-0.05, 0) is 74.0 Å². The van der Waals surface area contributed by atoms with Crippen molar-refractivity contribution in [2.24, 2.45) is 0 Å². The second kappa shape index (κ2) is 10.9. The molecule has 0 aromatic heterocycles. The summed E-state index contributed by atoms with van der Waals surface area (Å²) in [5, 5.41) is 3.68. The van der Waals surface area contributed by atoms with E-state index < -0.39 is 0 Å². The van der Waals surface area contributed by atoms with Gasteiger partial charge in [0.15, 0.2) is 0 Å². The van der Waals surface area contributed by atoms with Gasteiger partial charge in [-0.3, -0.25) is 0 Å². The zero-order valence-corrected chi connectivity index (χ0v) is 21.1. The van der Waals surface area contributed by atoms with E-state index >= 15 is 0 Å². The van der Waals surface area contributed by atoms with E-state index in [0.717, 1.165) is 30.0 Å². The Balaban J connectivity index is 1.38. The Morgan fingerprint density at radius 2 is 1.94 bits per heavy atom. The first kappa shape index (κ1) is 23.3. The van der Waals surface area contributed by atoms with Gasteiger partial charge in [-0.15, -0.1) is 11.8 Å². The summed E-state index contributed by atoms with van der Waals surface area (Å²) in [6.07, 6.45) is 7.07. The van der Waals surface area contributed by atoms with E-state index in [9.17, 15) is 4.79 Å². The quantitative estimate of drug-likeness (QED) is 0.287. The highest BCUT2D eigenvalue weighted by Gasteiger charge is 2.26. The molecule has 4 nitrogen and oxygen atoms in total. The minimum atomic E-state index is -0.284. The maximum atomic E-state index is 12.8. The van der Waals surface area contributed by atoms with Crippen LogP contribution in [0.25, 0.3) is 0 Å². The molecule has 3 aromatic carbocycles. The van der Waals surface area contributed by atoms with Crippen molar-refractivity contribution in [3.8, 4) is 0 Å². The van der Waals surface area contributed by atoms with E-state index in [2.05, 4.69) is 40.7 Å². The molecule has 2 aliphatic rings. The summed E-state index contributed by atoms with van der Waals surface area (Å²) in [6, 6.07) is 23.0. The summed E-state index contributed by atoms with van der Waals surface area (Å²) in [5.74, 6) is -0.284. The van der Waals surface area contributed by atoms with Crippen LogP contribution in [-0.2, 0) is 11.3 Å². The van der Waals surface area contributed by atoms with Crippen molar-refractivity contribution in [2.75, 3.05) is 24.2 Å². The number of hydrogen-bond acceptors (Lipinski definition) is 6. The van der Waals surface area contributed by atoms with Gasteiger partial charge < -0.3 is 15.0 Å². The molecule has 0 spiro atoms. The van der Waals surface area contributed by atoms with Crippen molar-refractivity contribution in [3.63, 3.8) is 0 Å². The van der Waals surface area contributed by atoms with Crippen LogP contribution in [0.5, 0.6) is 0 Å². The third-order valence-electron chi connectivity index (χ3n) is 6.49. The molecule has 5 rings (SSSR count). The van der Waals surface area contributed by atoms with Crippen molar-refractivity contribution in [2.45, 2.75) is 53.0 Å². The molecule has 1 fully saturated rings. The fraction of sp³-hybridized carbons (Fsp3) is 0.321. The number of hydrogen-bond donors (Lipinski definition) is 1. The minimum absolute atomic E-state index is 0.282. The molecular formula is C28H30N2O2S2. The Labute approximate surface area is 210 Å². The fourth-order valence-electron chi connectivity index (χ4n) is 4.62. The number of carbonyl (C=O) groups is 1. The normalized spacial score (nSPS) is 17.1. The maximum Gasteiger partial charge on any atom is 0.338 e. The highest BCUT2D eigenvalue weighted by atomic mass is 32.2. The number of esters is 1. The van der Waals surface area contributed by atoms with E-state index in [1.54, 1.807) is 23.5 Å². The molecule has 1 N–H and O–H groups in total. The molecule has 0 aliphatic carbocycles. The molecule has 0 saturated carbocycles. The summed E-state index contributed by atoms with van der Waals surface area (Å²) < 4.78 is 5.59. The topological polar surface area (TPSA) is 41.6 Å². The lowest BCUT2D eigenvalue weighted by atomic mass is 10.0. The van der Waals surface area contributed by atoms with Crippen LogP contribution in [0, 0.1) is 0 Å². The monoisotopic (exact) mass is 490 g/mol. The number of anilines is 2. The lowest BCUT2D eigenvalue weighted by Gasteiger charge is -2.35. The molecule has 2 heterocycles. The molecule has 1 saturated heterocycles. The van der Waals surface area contributed by atoms with E-state index in [1.165, 1.54) is 40.4 Å². The van der Waals surface area contributed by atoms with Gasteiger partial charge in [0, 0.05) is 27.3 Å². The Morgan fingerprint density at radius 3 is 2.74 bits per heavy atom. The second-order valence-electron chi connectivity index (χ2n) is 8.77. The van der Waals surface area contributed by atoms with Gasteiger partial charge in [-0.25, -0.2) is 4.79 Å². The van der Waals surface area contributed by atoms with Crippen LogP contribution in [0.2, 0.25) is 0 Å². The number of fused-ring (bicyclic) bond motifs is 2. The van der Waals surface area contributed by atoms with Crippen LogP contribution < -0.4 is 10.2 Å². The lowest BCUT2D eigenvalue weighted by molar-refractivity contribution is 0.0472. The summed E-state index contributed by atoms with van der Waals surface area (Å²) in [6.45, 7) is 2.36. The predicted molar refractivity (Wildman–Crippen MR) is 142 cm³/mol. The average Bonchev–Trinajstić information content (AvgIpc) is 2.90. The van der Waals surface area contributed by atoms with Crippen molar-refractivity contribution in [1.29, 1.82) is 0 Å². The molecule has 3 aromatic rings. The van der Waals surface area contributed by atoms with Gasteiger partial charge in [-0.2, -0.15) is 0 Å². The Morgan fingerprint density at radius 1 is 1.06 bits per heavy atom. The smallest absolute Gasteiger partial charge is 0.338 e. The standard InChI is InChI=1S/C28H30N2O2S2/c1-33-23-11-13-26-25(18-23)30(16-14-22-9-5-6-15-29-22)24-12-10-21(17-27(24)34-26)28(31)32-19-20-7-3-2-4-8-20/h2-4,7-8,10-13,17-18,22,29H,5-6,9,14-16,19H2,1H3. The van der Waals surface area contributed by atoms with Crippen molar-refractivity contribution in [3.05, 3.63) is 77.9 Å². The zero-order chi connectivity index (χ0) is 23.3. The first-order valence-electron chi connectivity index (χ1n) is 11.9. The minimum Gasteiger partial charge on any atom is -0.457 e. The fourth-order valence-corrected chi connectivity index (χ4v) is 6.17. The number of thioether (sulfide) groups is 1. The number of nitrogens with one attached hydrogen (secondary N) is 1. The summed E-state index contributed by atoms with van der Waals surface area (Å²) in [5.41, 5.74) is 4.02. The molecule has 6 heteroatoms. The molecule has 1 unspecified atom stereocenters. The maximum absolute atomic E-state index is 12.8. The summed E-state index contributed by atoms with van der Waals surface area (Å²) in [4.78, 5) is 18.8. The lowest BCUT2D eigenvalue weighted by Crippen LogP contribution is -2.37. The van der Waals surface area contributed by atoms with Crippen LogP contribution in [0.1, 0.15) is 41.6 Å². The third kappa shape index (κ3) is 5.29. The number of rotatable bonds is 7. The number of benzene rings is 3. The van der Waals surface area contributed by atoms with E-state index in [0.29, 0.717) is 11.6 Å². The highest BCUT2D eigenvalue weighted by molar-refractivity contribution is 8.00. The molecule has 34 heavy (non-hydrogen) atoms. The van der Waals surface area contributed by atoms with E-state index in [4.69, 9.17) is 4.74 Å². The van der Waals surface area contributed by atoms with Crippen LogP contribution in [0.3, 0.4) is 0 Å². The van der Waals surface area contributed by atoms with E-state index in [1.807, 2.05) is 42.5 Å². The van der Waals surface area contributed by atoms with Gasteiger partial charge >= 0.3 is 5.97 Å². The largest absolute Gasteiger partial charge is 0.457 e. The predicted octanol–water partition coefficient (Wildman–Crippen LogP) is 6.90. The Kier molecular flexibility index (Phi) is 7.48. The number of piperidine rings is 1. The zero-order valence-electron chi connectivity index (χ0n) is 19.5. The van der Waals surface area contributed by atoms with Gasteiger partial charge in [0.25, 0.3) is 0 Å². The van der Waals surface area contributed by atoms with Crippen LogP contribution in [0.4, 0.5) is 11.4 Å². The number of ether oxygens (including phenoxy) is 1. The van der Waals surface area contributed by atoms with Gasteiger partial charge in [-0.1, -0.05) is 48.5 Å². The van der Waals surface area contributed by atoms with E-state index in [-0.39, 0.29) is 12.6 Å². The second-order valence-corrected chi connectivity index (χ2v) is 10.7. The molecule has 0 radical (unpaired) electrons. The van der Waals surface area contributed by atoms with Crippen molar-refractivity contribution in [1.82, 2.24) is 5.32 Å². The first-order valence-corrected chi connectivity index (χ1v) is 14.0. The molecule has 176 valence electrons. The number of nitrogens with zero attached hydrogens (tertiary/aromatic N) is 1. The first-order chi connectivity index (χ1) is 16.7. The molecule has 1 atom stereocenters. The SMILES string of the molecule is CSc1ccc2c(c1)N(CCC1CCCCN1)c1ccc(C(=O)OCc3ccccc3)cc1S2. The van der Waals surface area contributed by atoms with Crippen LogP contribution in [0.15, 0.2) is 81.4 Å². The Hall–Kier alpha value is -2.41. The molecule has 2 aliphatic heterocycles. The highest BCUT2D eigenvalue weighted by Crippen LogP contribution is 2.49. The third-order valence-corrected chi connectivity index (χ3v) is 8.33. The van der Waals surface area contributed by atoms with Crippen molar-refractivity contribution >= 4 is 40.9 Å². The van der Waals surface area contributed by atoms with Crippen LogP contribution >= 0.6 is 23.5 Å². The van der Waals surface area contributed by atoms with Crippen LogP contribution in [-0.4, -0.2) is 31.4 Å². The molecule has 0 amide bonds. The van der Waals surface area contributed by atoms with Gasteiger partial charge in [0.05, 0.1) is 16.9 Å². The number of carbonyl (C=O) groups excluding carboxylic acids is 1.